The number of nitrogens with one attached hydrogen (secondary N) is 2. The van der Waals surface area contributed by atoms with Crippen molar-refractivity contribution in [3.63, 3.8) is 0 Å². The minimum absolute atomic E-state index is 0.0546. The molecule has 2 N–H and O–H groups in total. The highest BCUT2D eigenvalue weighted by Crippen LogP contribution is 2.24. The van der Waals surface area contributed by atoms with Gasteiger partial charge >= 0.3 is 0 Å². The van der Waals surface area contributed by atoms with Crippen molar-refractivity contribution in [1.82, 2.24) is 10.6 Å². The summed E-state index contributed by atoms with van der Waals surface area (Å²) >= 11 is 0. The molecule has 5 nitrogen and oxygen atoms in total. The summed E-state index contributed by atoms with van der Waals surface area (Å²) in [6.45, 7) is 0.910. The van der Waals surface area contributed by atoms with Crippen LogP contribution in [-0.4, -0.2) is 24.9 Å². The molecule has 0 saturated heterocycles. The lowest BCUT2D eigenvalue weighted by Crippen LogP contribution is -2.33. The van der Waals surface area contributed by atoms with Crippen LogP contribution >= 0.6 is 0 Å². The number of rotatable bonds is 8. The van der Waals surface area contributed by atoms with E-state index in [4.69, 9.17) is 4.42 Å². The molecule has 1 heterocycles. The van der Waals surface area contributed by atoms with E-state index in [0.717, 1.165) is 16.5 Å². The van der Waals surface area contributed by atoms with Gasteiger partial charge in [-0.1, -0.05) is 78.9 Å². The van der Waals surface area contributed by atoms with Crippen molar-refractivity contribution >= 4 is 22.8 Å². The number of amides is 2. The molecule has 0 unspecified atom stereocenters. The molecule has 0 bridgehead atoms. The Balaban J connectivity index is 1.30. The summed E-state index contributed by atoms with van der Waals surface area (Å²) < 4.78 is 5.57. The Bertz CT molecular complexity index is 1080. The van der Waals surface area contributed by atoms with Gasteiger partial charge in [0, 0.05) is 18.5 Å². The first-order valence-electron chi connectivity index (χ1n) is 10.4. The predicted molar refractivity (Wildman–Crippen MR) is 121 cm³/mol. The van der Waals surface area contributed by atoms with Crippen molar-refractivity contribution in [1.29, 1.82) is 0 Å². The summed E-state index contributed by atoms with van der Waals surface area (Å²) in [7, 11) is 0. The molecular weight excluding hydrogens is 388 g/mol. The molecule has 0 radical (unpaired) electrons. The van der Waals surface area contributed by atoms with Gasteiger partial charge in [-0.15, -0.1) is 0 Å². The Morgan fingerprint density at radius 2 is 1.32 bits per heavy atom. The highest BCUT2D eigenvalue weighted by atomic mass is 16.3. The van der Waals surface area contributed by atoms with E-state index >= 15 is 0 Å². The van der Waals surface area contributed by atoms with E-state index in [2.05, 4.69) is 10.6 Å². The van der Waals surface area contributed by atoms with Crippen LogP contribution in [0, 0.1) is 0 Å². The zero-order valence-corrected chi connectivity index (χ0v) is 17.1. The Labute approximate surface area is 181 Å². The van der Waals surface area contributed by atoms with Crippen LogP contribution in [-0.2, 0) is 4.79 Å². The molecule has 0 aliphatic heterocycles. The third kappa shape index (κ3) is 5.01. The van der Waals surface area contributed by atoms with Gasteiger partial charge in [0.15, 0.2) is 5.76 Å². The van der Waals surface area contributed by atoms with Crippen molar-refractivity contribution in [3.8, 4) is 0 Å². The molecule has 156 valence electrons. The van der Waals surface area contributed by atoms with E-state index in [1.807, 2.05) is 84.9 Å². The van der Waals surface area contributed by atoms with Gasteiger partial charge in [0.2, 0.25) is 5.91 Å². The van der Waals surface area contributed by atoms with E-state index in [9.17, 15) is 9.59 Å². The average Bonchev–Trinajstić information content (AvgIpc) is 3.25. The molecule has 31 heavy (non-hydrogen) atoms. The van der Waals surface area contributed by atoms with Gasteiger partial charge in [-0.3, -0.25) is 9.59 Å². The van der Waals surface area contributed by atoms with Crippen LogP contribution in [0.4, 0.5) is 0 Å². The number of furan rings is 1. The summed E-state index contributed by atoms with van der Waals surface area (Å²) in [6, 6.07) is 28.7. The molecule has 0 atom stereocenters. The lowest BCUT2D eigenvalue weighted by Gasteiger charge is -2.18. The van der Waals surface area contributed by atoms with Crippen LogP contribution in [0.1, 0.15) is 34.0 Å². The van der Waals surface area contributed by atoms with E-state index in [-0.39, 0.29) is 17.7 Å². The molecule has 0 aliphatic rings. The molecule has 0 fully saturated rings. The predicted octanol–water partition coefficient (Wildman–Crippen LogP) is 4.50. The second-order valence-corrected chi connectivity index (χ2v) is 7.30. The molecule has 0 spiro atoms. The topological polar surface area (TPSA) is 71.3 Å². The van der Waals surface area contributed by atoms with E-state index < -0.39 is 0 Å². The molecule has 4 rings (SSSR count). The fraction of sp³-hybridized carbons (Fsp3) is 0.154. The molecule has 3 aromatic carbocycles. The van der Waals surface area contributed by atoms with Gasteiger partial charge in [-0.2, -0.15) is 0 Å². The quantitative estimate of drug-likeness (QED) is 0.419. The lowest BCUT2D eigenvalue weighted by molar-refractivity contribution is -0.121. The Hall–Kier alpha value is -3.86. The van der Waals surface area contributed by atoms with Gasteiger partial charge in [0.1, 0.15) is 5.58 Å². The van der Waals surface area contributed by atoms with Crippen molar-refractivity contribution in [2.45, 2.75) is 12.3 Å². The van der Waals surface area contributed by atoms with Gasteiger partial charge in [-0.25, -0.2) is 0 Å². The molecule has 2 amide bonds. The van der Waals surface area contributed by atoms with E-state index in [0.29, 0.717) is 30.9 Å². The maximum absolute atomic E-state index is 12.9. The largest absolute Gasteiger partial charge is 0.451 e. The maximum atomic E-state index is 12.9. The highest BCUT2D eigenvalue weighted by Gasteiger charge is 2.22. The Morgan fingerprint density at radius 3 is 1.97 bits per heavy atom. The van der Waals surface area contributed by atoms with Gasteiger partial charge < -0.3 is 15.1 Å². The van der Waals surface area contributed by atoms with Crippen LogP contribution in [0.3, 0.4) is 0 Å². The van der Waals surface area contributed by atoms with E-state index in [1.54, 1.807) is 6.07 Å². The standard InChI is InChI=1S/C26H24N2O3/c29-25(23-18-21-14-7-8-15-22(21)31-23)27-16-9-17-28-26(30)24(19-10-3-1-4-11-19)20-12-5-2-6-13-20/h1-8,10-15,18,24H,9,16-17H2,(H,27,29)(H,28,30). The van der Waals surface area contributed by atoms with Crippen molar-refractivity contribution in [3.05, 3.63) is 108 Å². The number of carbonyl (C=O) groups excluding carboxylic acids is 2. The van der Waals surface area contributed by atoms with Crippen LogP contribution < -0.4 is 10.6 Å². The highest BCUT2D eigenvalue weighted by molar-refractivity contribution is 5.96. The third-order valence-electron chi connectivity index (χ3n) is 5.12. The number of para-hydroxylation sites is 1. The van der Waals surface area contributed by atoms with Crippen LogP contribution in [0.15, 0.2) is 95.4 Å². The SMILES string of the molecule is O=C(NCCCNC(=O)C(c1ccccc1)c1ccccc1)c1cc2ccccc2o1. The molecular formula is C26H24N2O3. The molecule has 0 saturated carbocycles. The second kappa shape index (κ2) is 9.76. The molecule has 5 heteroatoms. The summed E-state index contributed by atoms with van der Waals surface area (Å²) in [5, 5.41) is 6.74. The monoisotopic (exact) mass is 412 g/mol. The molecule has 0 aliphatic carbocycles. The van der Waals surface area contributed by atoms with Crippen molar-refractivity contribution < 1.29 is 14.0 Å². The van der Waals surface area contributed by atoms with Gasteiger partial charge in [0.05, 0.1) is 5.92 Å². The van der Waals surface area contributed by atoms with Gasteiger partial charge in [-0.05, 0) is 29.7 Å². The number of fused-ring (bicyclic) bond motifs is 1. The number of benzene rings is 3. The third-order valence-corrected chi connectivity index (χ3v) is 5.12. The minimum Gasteiger partial charge on any atom is -0.451 e. The zero-order valence-electron chi connectivity index (χ0n) is 17.1. The number of carbonyl (C=O) groups is 2. The fourth-order valence-corrected chi connectivity index (χ4v) is 3.57. The summed E-state index contributed by atoms with van der Waals surface area (Å²) in [5.41, 5.74) is 2.58. The first-order valence-corrected chi connectivity index (χ1v) is 10.4. The summed E-state index contributed by atoms with van der Waals surface area (Å²) in [5.74, 6) is -0.388. The summed E-state index contributed by atoms with van der Waals surface area (Å²) in [6.07, 6.45) is 0.619. The fourth-order valence-electron chi connectivity index (χ4n) is 3.57. The van der Waals surface area contributed by atoms with Gasteiger partial charge in [0.25, 0.3) is 5.91 Å². The number of hydrogen-bond donors (Lipinski definition) is 2. The molecule has 4 aromatic rings. The van der Waals surface area contributed by atoms with Crippen molar-refractivity contribution in [2.75, 3.05) is 13.1 Å². The second-order valence-electron chi connectivity index (χ2n) is 7.30. The maximum Gasteiger partial charge on any atom is 0.287 e. The first-order chi connectivity index (χ1) is 15.2. The number of hydrogen-bond acceptors (Lipinski definition) is 3. The summed E-state index contributed by atoms with van der Waals surface area (Å²) in [4.78, 5) is 25.2. The zero-order chi connectivity index (χ0) is 21.5. The normalized spacial score (nSPS) is 10.9. The van der Waals surface area contributed by atoms with Crippen LogP contribution in [0.25, 0.3) is 11.0 Å². The van der Waals surface area contributed by atoms with Crippen LogP contribution in [0.2, 0.25) is 0 Å². The Kier molecular flexibility index (Phi) is 6.43. The van der Waals surface area contributed by atoms with Crippen molar-refractivity contribution in [2.24, 2.45) is 0 Å². The van der Waals surface area contributed by atoms with Crippen LogP contribution in [0.5, 0.6) is 0 Å². The molecule has 1 aromatic heterocycles. The minimum atomic E-state index is -0.368. The smallest absolute Gasteiger partial charge is 0.287 e. The first kappa shape index (κ1) is 20.4. The Morgan fingerprint density at radius 1 is 0.742 bits per heavy atom. The lowest BCUT2D eigenvalue weighted by atomic mass is 9.90. The van der Waals surface area contributed by atoms with E-state index in [1.165, 1.54) is 0 Å². The average molecular weight is 412 g/mol.